The minimum Gasteiger partial charge on any atom is -0.383 e. The number of rotatable bonds is 3. The Balaban J connectivity index is 2.38. The van der Waals surface area contributed by atoms with E-state index in [2.05, 4.69) is 9.59 Å². The van der Waals surface area contributed by atoms with Crippen LogP contribution in [-0.4, -0.2) is 14.7 Å². The highest BCUT2D eigenvalue weighted by molar-refractivity contribution is 7.05. The van der Waals surface area contributed by atoms with Gasteiger partial charge < -0.3 is 5.11 Å². The Hall–Kier alpha value is -1.33. The summed E-state index contributed by atoms with van der Waals surface area (Å²) in [6.45, 7) is 5.69. The first-order chi connectivity index (χ1) is 8.50. The third kappa shape index (κ3) is 2.42. The molecule has 0 bridgehead atoms. The molecular weight excluding hydrogens is 251 g/mol. The number of aromatic nitrogens is 2. The molecule has 0 fully saturated rings. The number of hydrogen-bond donors (Lipinski definition) is 1. The first-order valence-electron chi connectivity index (χ1n) is 5.77. The Morgan fingerprint density at radius 1 is 1.33 bits per heavy atom. The molecule has 2 aromatic rings. The van der Waals surface area contributed by atoms with E-state index in [1.54, 1.807) is 19.1 Å². The van der Waals surface area contributed by atoms with Gasteiger partial charge in [-0.1, -0.05) is 30.5 Å². The van der Waals surface area contributed by atoms with Crippen molar-refractivity contribution in [2.24, 2.45) is 0 Å². The number of aliphatic hydroxyl groups is 1. The maximum absolute atomic E-state index is 13.2. The number of aliphatic hydroxyl groups excluding tert-OH is 1. The van der Waals surface area contributed by atoms with Gasteiger partial charge in [0.25, 0.3) is 0 Å². The van der Waals surface area contributed by atoms with Crippen LogP contribution in [0.15, 0.2) is 18.2 Å². The van der Waals surface area contributed by atoms with Gasteiger partial charge >= 0.3 is 0 Å². The van der Waals surface area contributed by atoms with E-state index < -0.39 is 6.10 Å². The molecule has 0 saturated heterocycles. The minimum atomic E-state index is -0.790. The van der Waals surface area contributed by atoms with E-state index in [4.69, 9.17) is 0 Å². The lowest BCUT2D eigenvalue weighted by molar-refractivity contribution is 0.222. The number of benzene rings is 1. The fourth-order valence-corrected chi connectivity index (χ4v) is 2.61. The van der Waals surface area contributed by atoms with Gasteiger partial charge in [0.15, 0.2) is 0 Å². The molecule has 0 aliphatic carbocycles. The van der Waals surface area contributed by atoms with Crippen molar-refractivity contribution in [1.82, 2.24) is 9.59 Å². The number of hydrogen-bond acceptors (Lipinski definition) is 4. The van der Waals surface area contributed by atoms with Crippen molar-refractivity contribution >= 4 is 11.5 Å². The first kappa shape index (κ1) is 13.1. The van der Waals surface area contributed by atoms with Crippen LogP contribution in [0.4, 0.5) is 4.39 Å². The predicted molar refractivity (Wildman–Crippen MR) is 69.2 cm³/mol. The van der Waals surface area contributed by atoms with Gasteiger partial charge in [-0.3, -0.25) is 0 Å². The normalized spacial score (nSPS) is 13.0. The summed E-state index contributed by atoms with van der Waals surface area (Å²) in [6, 6.07) is 4.62. The minimum absolute atomic E-state index is 0.204. The van der Waals surface area contributed by atoms with E-state index in [1.165, 1.54) is 17.6 Å². The van der Waals surface area contributed by atoms with Gasteiger partial charge in [-0.2, -0.15) is 0 Å². The quantitative estimate of drug-likeness (QED) is 0.928. The molecule has 1 heterocycles. The summed E-state index contributed by atoms with van der Waals surface area (Å²) in [6.07, 6.45) is -0.790. The van der Waals surface area contributed by atoms with Crippen LogP contribution in [0.3, 0.4) is 0 Å². The SMILES string of the molecule is Cc1cc(C(O)c2snnc2C(C)C)ccc1F. The number of aryl methyl sites for hydroxylation is 1. The van der Waals surface area contributed by atoms with Gasteiger partial charge in [-0.15, -0.1) is 5.10 Å². The number of halogens is 1. The molecule has 1 aromatic heterocycles. The highest BCUT2D eigenvalue weighted by Crippen LogP contribution is 2.31. The molecule has 18 heavy (non-hydrogen) atoms. The molecule has 0 spiro atoms. The molecule has 5 heteroatoms. The average Bonchev–Trinajstić information content (AvgIpc) is 2.81. The average molecular weight is 266 g/mol. The molecule has 2 rings (SSSR count). The summed E-state index contributed by atoms with van der Waals surface area (Å²) < 4.78 is 17.1. The zero-order valence-electron chi connectivity index (χ0n) is 10.5. The van der Waals surface area contributed by atoms with Crippen LogP contribution in [0.25, 0.3) is 0 Å². The summed E-state index contributed by atoms with van der Waals surface area (Å²) >= 11 is 1.19. The Morgan fingerprint density at radius 3 is 2.67 bits per heavy atom. The lowest BCUT2D eigenvalue weighted by Gasteiger charge is -2.12. The Bertz CT molecular complexity index is 554. The molecule has 96 valence electrons. The van der Waals surface area contributed by atoms with Crippen LogP contribution in [0.5, 0.6) is 0 Å². The van der Waals surface area contributed by atoms with E-state index in [9.17, 15) is 9.50 Å². The third-order valence-electron chi connectivity index (χ3n) is 2.83. The molecule has 0 radical (unpaired) electrons. The Morgan fingerprint density at radius 2 is 2.06 bits per heavy atom. The highest BCUT2D eigenvalue weighted by atomic mass is 32.1. The molecule has 1 atom stereocenters. The molecule has 0 amide bonds. The van der Waals surface area contributed by atoms with Crippen molar-refractivity contribution in [2.75, 3.05) is 0 Å². The maximum Gasteiger partial charge on any atom is 0.126 e. The molecular formula is C13H15FN2OS. The van der Waals surface area contributed by atoms with Crippen molar-refractivity contribution in [3.05, 3.63) is 45.7 Å². The second-order valence-electron chi connectivity index (χ2n) is 4.59. The second-order valence-corrected chi connectivity index (χ2v) is 5.37. The van der Waals surface area contributed by atoms with Crippen LogP contribution >= 0.6 is 11.5 Å². The maximum atomic E-state index is 13.2. The fourth-order valence-electron chi connectivity index (χ4n) is 1.78. The van der Waals surface area contributed by atoms with Crippen molar-refractivity contribution in [3.8, 4) is 0 Å². The van der Waals surface area contributed by atoms with Gasteiger partial charge in [-0.25, -0.2) is 4.39 Å². The summed E-state index contributed by atoms with van der Waals surface area (Å²) in [5.74, 6) is -0.0626. The fraction of sp³-hybridized carbons (Fsp3) is 0.385. The van der Waals surface area contributed by atoms with Gasteiger partial charge in [0.1, 0.15) is 11.9 Å². The summed E-state index contributed by atoms with van der Waals surface area (Å²) in [5, 5.41) is 14.4. The molecule has 3 nitrogen and oxygen atoms in total. The lowest BCUT2D eigenvalue weighted by atomic mass is 10.0. The molecule has 0 aliphatic rings. The Kier molecular flexibility index (Phi) is 3.73. The lowest BCUT2D eigenvalue weighted by Crippen LogP contribution is -2.03. The zero-order valence-corrected chi connectivity index (χ0v) is 11.3. The van der Waals surface area contributed by atoms with E-state index in [0.29, 0.717) is 11.1 Å². The van der Waals surface area contributed by atoms with Crippen molar-refractivity contribution in [3.63, 3.8) is 0 Å². The van der Waals surface area contributed by atoms with Crippen molar-refractivity contribution in [1.29, 1.82) is 0 Å². The van der Waals surface area contributed by atoms with Gasteiger partial charge in [0.2, 0.25) is 0 Å². The molecule has 0 saturated carbocycles. The van der Waals surface area contributed by atoms with Crippen molar-refractivity contribution in [2.45, 2.75) is 32.8 Å². The summed E-state index contributed by atoms with van der Waals surface area (Å²) in [5.41, 5.74) is 1.99. The van der Waals surface area contributed by atoms with E-state index in [-0.39, 0.29) is 11.7 Å². The standard InChI is InChI=1S/C13H15FN2OS/c1-7(2)11-13(18-16-15-11)12(17)9-4-5-10(14)8(3)6-9/h4-7,12,17H,1-3H3. The van der Waals surface area contributed by atoms with Crippen molar-refractivity contribution < 1.29 is 9.50 Å². The molecule has 0 aliphatic heterocycles. The van der Waals surface area contributed by atoms with Gasteiger partial charge in [-0.05, 0) is 41.6 Å². The zero-order chi connectivity index (χ0) is 13.3. The van der Waals surface area contributed by atoms with Gasteiger partial charge in [0, 0.05) is 0 Å². The highest BCUT2D eigenvalue weighted by Gasteiger charge is 2.21. The second kappa shape index (κ2) is 5.12. The third-order valence-corrected chi connectivity index (χ3v) is 3.63. The van der Waals surface area contributed by atoms with Crippen LogP contribution in [0.2, 0.25) is 0 Å². The van der Waals surface area contributed by atoms with E-state index in [1.807, 2.05) is 13.8 Å². The summed E-state index contributed by atoms with van der Waals surface area (Å²) in [7, 11) is 0. The summed E-state index contributed by atoms with van der Waals surface area (Å²) in [4.78, 5) is 0.732. The predicted octanol–water partition coefficient (Wildman–Crippen LogP) is 3.19. The van der Waals surface area contributed by atoms with E-state index in [0.717, 1.165) is 10.6 Å². The number of nitrogens with zero attached hydrogens (tertiary/aromatic N) is 2. The van der Waals surface area contributed by atoms with E-state index >= 15 is 0 Å². The smallest absolute Gasteiger partial charge is 0.126 e. The van der Waals surface area contributed by atoms with Crippen LogP contribution in [-0.2, 0) is 0 Å². The first-order valence-corrected chi connectivity index (χ1v) is 6.54. The monoisotopic (exact) mass is 266 g/mol. The molecule has 1 aromatic carbocycles. The van der Waals surface area contributed by atoms with Crippen LogP contribution in [0.1, 0.15) is 47.6 Å². The molecule has 1 N–H and O–H groups in total. The molecule has 1 unspecified atom stereocenters. The Labute approximate surface area is 109 Å². The topological polar surface area (TPSA) is 46.0 Å². The largest absolute Gasteiger partial charge is 0.383 e. The van der Waals surface area contributed by atoms with Crippen LogP contribution < -0.4 is 0 Å². The van der Waals surface area contributed by atoms with Crippen LogP contribution in [0, 0.1) is 12.7 Å². The van der Waals surface area contributed by atoms with Gasteiger partial charge in [0.05, 0.1) is 10.6 Å².